The Kier molecular flexibility index (Phi) is 3.33. The van der Waals surface area contributed by atoms with E-state index in [2.05, 4.69) is 24.9 Å². The van der Waals surface area contributed by atoms with Crippen LogP contribution in [0.15, 0.2) is 22.9 Å². The predicted molar refractivity (Wildman–Crippen MR) is 90.7 cm³/mol. The van der Waals surface area contributed by atoms with Gasteiger partial charge in [-0.2, -0.15) is 4.98 Å². The number of nitrogens with zero attached hydrogens (tertiary/aromatic N) is 5. The molecule has 5 heterocycles. The Hall–Kier alpha value is -1.95. The minimum Gasteiger partial charge on any atom is -0.355 e. The molecule has 0 spiro atoms. The van der Waals surface area contributed by atoms with Crippen molar-refractivity contribution in [2.24, 2.45) is 11.8 Å². The van der Waals surface area contributed by atoms with E-state index in [0.717, 1.165) is 42.3 Å². The minimum absolute atomic E-state index is 0.576. The second-order valence-electron chi connectivity index (χ2n) is 7.41. The normalized spacial score (nSPS) is 29.7. The van der Waals surface area contributed by atoms with Crippen molar-refractivity contribution in [2.75, 3.05) is 31.1 Å². The van der Waals surface area contributed by atoms with E-state index in [1.807, 2.05) is 25.3 Å². The van der Waals surface area contributed by atoms with Crippen LogP contribution < -0.4 is 4.90 Å². The zero-order chi connectivity index (χ0) is 16.1. The molecule has 2 aromatic heterocycles. The van der Waals surface area contributed by atoms with E-state index in [1.165, 1.54) is 32.4 Å². The van der Waals surface area contributed by atoms with Gasteiger partial charge in [0.05, 0.1) is 5.56 Å². The van der Waals surface area contributed by atoms with Crippen LogP contribution in [-0.2, 0) is 0 Å². The highest BCUT2D eigenvalue weighted by molar-refractivity contribution is 5.70. The Morgan fingerprint density at radius 2 is 2.17 bits per heavy atom. The van der Waals surface area contributed by atoms with Gasteiger partial charge in [-0.25, -0.2) is 4.98 Å². The number of hydrogen-bond donors (Lipinski definition) is 0. The molecule has 6 nitrogen and oxygen atoms in total. The molecular formula is C18H23N5O. The highest BCUT2D eigenvalue weighted by Gasteiger charge is 2.47. The van der Waals surface area contributed by atoms with Gasteiger partial charge in [-0.1, -0.05) is 11.6 Å². The summed E-state index contributed by atoms with van der Waals surface area (Å²) in [5.74, 6) is 3.79. The summed E-state index contributed by atoms with van der Waals surface area (Å²) >= 11 is 0. The van der Waals surface area contributed by atoms with Crippen LogP contribution in [0.25, 0.3) is 11.5 Å². The van der Waals surface area contributed by atoms with Crippen molar-refractivity contribution in [1.82, 2.24) is 20.0 Å². The van der Waals surface area contributed by atoms with Crippen LogP contribution in [0.2, 0.25) is 0 Å². The summed E-state index contributed by atoms with van der Waals surface area (Å²) < 4.78 is 5.39. The lowest BCUT2D eigenvalue weighted by atomic mass is 9.90. The van der Waals surface area contributed by atoms with Gasteiger partial charge in [0.2, 0.25) is 0 Å². The molecule has 0 radical (unpaired) electrons. The van der Waals surface area contributed by atoms with Crippen molar-refractivity contribution >= 4 is 5.82 Å². The van der Waals surface area contributed by atoms with E-state index in [-0.39, 0.29) is 0 Å². The number of aryl methyl sites for hydroxylation is 1. The zero-order valence-electron chi connectivity index (χ0n) is 14.1. The Morgan fingerprint density at radius 3 is 3.04 bits per heavy atom. The Balaban J connectivity index is 1.43. The summed E-state index contributed by atoms with van der Waals surface area (Å²) in [5.41, 5.74) is 0.957. The second kappa shape index (κ2) is 5.55. The third-order valence-electron chi connectivity index (χ3n) is 5.96. The zero-order valence-corrected chi connectivity index (χ0v) is 14.1. The molecule has 2 aromatic rings. The van der Waals surface area contributed by atoms with Crippen LogP contribution in [0, 0.1) is 18.8 Å². The first-order valence-electron chi connectivity index (χ1n) is 9.04. The van der Waals surface area contributed by atoms with E-state index in [9.17, 15) is 0 Å². The molecule has 0 amide bonds. The Labute approximate surface area is 141 Å². The summed E-state index contributed by atoms with van der Waals surface area (Å²) in [5, 5.41) is 3.93. The van der Waals surface area contributed by atoms with Crippen molar-refractivity contribution in [3.63, 3.8) is 0 Å². The van der Waals surface area contributed by atoms with E-state index < -0.39 is 0 Å². The number of piperidine rings is 1. The van der Waals surface area contributed by atoms with Crippen molar-refractivity contribution in [3.05, 3.63) is 24.2 Å². The highest BCUT2D eigenvalue weighted by atomic mass is 16.5. The smallest absolute Gasteiger partial charge is 0.261 e. The Morgan fingerprint density at radius 1 is 1.21 bits per heavy atom. The number of fused-ring (bicyclic) bond motifs is 3. The summed E-state index contributed by atoms with van der Waals surface area (Å²) in [6.07, 6.45) is 6.00. The topological polar surface area (TPSA) is 58.3 Å². The van der Waals surface area contributed by atoms with Gasteiger partial charge in [-0.05, 0) is 50.3 Å². The molecule has 0 N–H and O–H groups in total. The predicted octanol–water partition coefficient (Wildman–Crippen LogP) is 2.36. The molecule has 0 aromatic carbocycles. The van der Waals surface area contributed by atoms with Gasteiger partial charge >= 0.3 is 0 Å². The summed E-state index contributed by atoms with van der Waals surface area (Å²) in [6, 6.07) is 4.76. The van der Waals surface area contributed by atoms with Gasteiger partial charge in [0.15, 0.2) is 5.82 Å². The maximum absolute atomic E-state index is 5.39. The molecule has 3 aliphatic heterocycles. The van der Waals surface area contributed by atoms with Gasteiger partial charge < -0.3 is 9.42 Å². The van der Waals surface area contributed by atoms with E-state index in [0.29, 0.717) is 11.7 Å². The van der Waals surface area contributed by atoms with E-state index in [4.69, 9.17) is 4.52 Å². The number of rotatable bonds is 2. The molecule has 3 aliphatic rings. The van der Waals surface area contributed by atoms with Crippen molar-refractivity contribution in [3.8, 4) is 11.5 Å². The lowest BCUT2D eigenvalue weighted by Gasteiger charge is -2.33. The maximum Gasteiger partial charge on any atom is 0.261 e. The number of anilines is 1. The molecule has 6 heteroatoms. The number of pyridine rings is 1. The largest absolute Gasteiger partial charge is 0.355 e. The molecule has 3 fully saturated rings. The third kappa shape index (κ3) is 2.24. The fourth-order valence-corrected chi connectivity index (χ4v) is 4.95. The molecule has 3 atom stereocenters. The molecular weight excluding hydrogens is 302 g/mol. The SMILES string of the molecule is Cc1noc(-c2cccnc2N2C[C@@H]3CN4CCCC[C@H]4[C@@H]3C2)n1. The quantitative estimate of drug-likeness (QED) is 0.845. The molecule has 0 unspecified atom stereocenters. The summed E-state index contributed by atoms with van der Waals surface area (Å²) in [4.78, 5) is 14.2. The van der Waals surface area contributed by atoms with Crippen molar-refractivity contribution in [1.29, 1.82) is 0 Å². The van der Waals surface area contributed by atoms with Gasteiger partial charge in [-0.15, -0.1) is 0 Å². The molecule has 5 rings (SSSR count). The summed E-state index contributed by atoms with van der Waals surface area (Å²) in [7, 11) is 0. The van der Waals surface area contributed by atoms with Gasteiger partial charge in [0, 0.05) is 31.9 Å². The molecule has 3 saturated heterocycles. The lowest BCUT2D eigenvalue weighted by Crippen LogP contribution is -2.40. The minimum atomic E-state index is 0.576. The molecule has 0 bridgehead atoms. The average molecular weight is 325 g/mol. The van der Waals surface area contributed by atoms with Crippen LogP contribution in [0.1, 0.15) is 25.1 Å². The number of aromatic nitrogens is 3. The van der Waals surface area contributed by atoms with Gasteiger partial charge in [0.1, 0.15) is 5.82 Å². The lowest BCUT2D eigenvalue weighted by molar-refractivity contribution is 0.173. The number of hydrogen-bond acceptors (Lipinski definition) is 6. The van der Waals surface area contributed by atoms with Gasteiger partial charge in [0.25, 0.3) is 5.89 Å². The monoisotopic (exact) mass is 325 g/mol. The van der Waals surface area contributed by atoms with Crippen molar-refractivity contribution in [2.45, 2.75) is 32.2 Å². The molecule has 0 saturated carbocycles. The van der Waals surface area contributed by atoms with Crippen LogP contribution in [0.5, 0.6) is 0 Å². The molecule has 126 valence electrons. The van der Waals surface area contributed by atoms with Crippen LogP contribution in [0.4, 0.5) is 5.82 Å². The van der Waals surface area contributed by atoms with Crippen LogP contribution in [0.3, 0.4) is 0 Å². The maximum atomic E-state index is 5.39. The fraction of sp³-hybridized carbons (Fsp3) is 0.611. The standard InChI is InChI=1S/C18H23N5O/c1-12-20-18(24-21-12)14-5-4-7-19-17(14)23-10-13-9-22-8-3-2-6-16(22)15(13)11-23/h4-5,7,13,15-16H,2-3,6,8-11H2,1H3/t13-,15+,16-/m0/s1. The first-order chi connectivity index (χ1) is 11.8. The first-order valence-corrected chi connectivity index (χ1v) is 9.04. The highest BCUT2D eigenvalue weighted by Crippen LogP contribution is 2.42. The average Bonchev–Trinajstić information content (AvgIpc) is 3.29. The van der Waals surface area contributed by atoms with Crippen molar-refractivity contribution < 1.29 is 4.52 Å². The van der Waals surface area contributed by atoms with E-state index in [1.54, 1.807) is 0 Å². The molecule has 0 aliphatic carbocycles. The third-order valence-corrected chi connectivity index (χ3v) is 5.96. The fourth-order valence-electron chi connectivity index (χ4n) is 4.95. The van der Waals surface area contributed by atoms with Crippen LogP contribution in [-0.4, -0.2) is 52.2 Å². The molecule has 24 heavy (non-hydrogen) atoms. The Bertz CT molecular complexity index is 745. The first kappa shape index (κ1) is 14.4. The van der Waals surface area contributed by atoms with Crippen LogP contribution >= 0.6 is 0 Å². The van der Waals surface area contributed by atoms with Gasteiger partial charge in [-0.3, -0.25) is 4.90 Å². The summed E-state index contributed by atoms with van der Waals surface area (Å²) in [6.45, 7) is 6.60. The second-order valence-corrected chi connectivity index (χ2v) is 7.41. The van der Waals surface area contributed by atoms with E-state index >= 15 is 0 Å².